The number of nitrogens with one attached hydrogen (secondary N) is 4. The van der Waals surface area contributed by atoms with Crippen molar-refractivity contribution in [3.05, 3.63) is 0 Å². The number of phosphoric acid groups is 2. The van der Waals surface area contributed by atoms with E-state index in [1.54, 1.807) is 0 Å². The second-order valence-corrected chi connectivity index (χ2v) is 34.0. The average molecular weight is 1590 g/mol. The molecule has 109 heavy (non-hydrogen) atoms. The van der Waals surface area contributed by atoms with Gasteiger partial charge in [-0.1, -0.05) is 343 Å². The predicted molar refractivity (Wildman–Crippen MR) is 446 cm³/mol. The van der Waals surface area contributed by atoms with Crippen molar-refractivity contribution in [2.75, 3.05) is 65.9 Å². The summed E-state index contributed by atoms with van der Waals surface area (Å²) in [5.41, 5.74) is 0. The molecule has 23 heteroatoms. The van der Waals surface area contributed by atoms with Gasteiger partial charge in [-0.05, 0) is 51.4 Å². The minimum atomic E-state index is -4.71. The zero-order valence-electron chi connectivity index (χ0n) is 70.9. The van der Waals surface area contributed by atoms with E-state index in [4.69, 9.17) is 37.0 Å². The minimum absolute atomic E-state index is 0.0299. The monoisotopic (exact) mass is 1590 g/mol. The van der Waals surface area contributed by atoms with E-state index in [9.17, 15) is 42.9 Å². The van der Waals surface area contributed by atoms with Crippen molar-refractivity contribution in [3.63, 3.8) is 0 Å². The number of ether oxygens (including phenoxy) is 4. The Morgan fingerprint density at radius 2 is 0.523 bits per heavy atom. The number of hydrogen-bond donors (Lipinski definition) is 6. The van der Waals surface area contributed by atoms with Crippen LogP contribution in [0.25, 0.3) is 0 Å². The predicted octanol–water partition coefficient (Wildman–Crippen LogP) is 23.3. The quantitative estimate of drug-likeness (QED) is 0.0187. The third-order valence-electron chi connectivity index (χ3n) is 20.3. The second kappa shape index (κ2) is 80.5. The Morgan fingerprint density at radius 1 is 0.284 bits per heavy atom. The molecule has 0 bridgehead atoms. The van der Waals surface area contributed by atoms with Gasteiger partial charge in [-0.2, -0.15) is 0 Å². The number of hydrogen-bond acceptors (Lipinski definition) is 15. The molecule has 0 aliphatic carbocycles. The van der Waals surface area contributed by atoms with E-state index in [0.717, 1.165) is 154 Å². The maximum Gasteiger partial charge on any atom is 0.472 e. The van der Waals surface area contributed by atoms with Gasteiger partial charge in [0.1, 0.15) is 12.2 Å². The number of carbonyl (C=O) groups excluding carboxylic acids is 5. The summed E-state index contributed by atoms with van der Waals surface area (Å²) >= 11 is 0. The molecule has 0 aromatic rings. The van der Waals surface area contributed by atoms with Crippen LogP contribution in [-0.4, -0.2) is 130 Å². The molecule has 0 aliphatic rings. The fraction of sp³-hybridized carbons (Fsp3) is 0.942. The lowest BCUT2D eigenvalue weighted by Gasteiger charge is -2.22. The lowest BCUT2D eigenvalue weighted by Crippen LogP contribution is -2.41. The fourth-order valence-corrected chi connectivity index (χ4v) is 15.0. The van der Waals surface area contributed by atoms with Crippen molar-refractivity contribution in [1.82, 2.24) is 21.3 Å². The first-order valence-electron chi connectivity index (χ1n) is 45.4. The molecule has 21 nitrogen and oxygen atoms in total. The number of carbonyl (C=O) groups is 5. The molecule has 0 aromatic carbocycles. The summed E-state index contributed by atoms with van der Waals surface area (Å²) in [5, 5.41) is 10.9. The molecule has 0 spiro atoms. The molecule has 0 saturated heterocycles. The number of esters is 2. The highest BCUT2D eigenvalue weighted by Gasteiger charge is 2.27. The highest BCUT2D eigenvalue weighted by molar-refractivity contribution is 7.47. The maximum atomic E-state index is 13.3. The third kappa shape index (κ3) is 77.6. The summed E-state index contributed by atoms with van der Waals surface area (Å²) in [6, 6.07) is -2.32. The first-order chi connectivity index (χ1) is 53.0. The van der Waals surface area contributed by atoms with Crippen molar-refractivity contribution in [2.45, 2.75) is 458 Å². The number of amides is 4. The summed E-state index contributed by atoms with van der Waals surface area (Å²) in [4.78, 5) is 87.0. The number of unbranched alkanes of at least 4 members (excludes halogenated alkanes) is 47. The van der Waals surface area contributed by atoms with Crippen LogP contribution >= 0.6 is 15.6 Å². The van der Waals surface area contributed by atoms with Gasteiger partial charge in [-0.25, -0.2) is 13.9 Å². The van der Waals surface area contributed by atoms with Crippen LogP contribution in [0.5, 0.6) is 0 Å². The molecule has 646 valence electrons. The van der Waals surface area contributed by atoms with Gasteiger partial charge in [0.2, 0.25) is 11.8 Å². The van der Waals surface area contributed by atoms with Crippen molar-refractivity contribution in [1.29, 1.82) is 0 Å². The van der Waals surface area contributed by atoms with E-state index >= 15 is 0 Å². The number of rotatable bonds is 87. The van der Waals surface area contributed by atoms with Crippen LogP contribution in [0.1, 0.15) is 433 Å². The molecule has 0 aliphatic heterocycles. The van der Waals surface area contributed by atoms with Gasteiger partial charge in [0.25, 0.3) is 0 Å². The zero-order valence-corrected chi connectivity index (χ0v) is 72.7. The van der Waals surface area contributed by atoms with Crippen molar-refractivity contribution in [2.24, 2.45) is 0 Å². The van der Waals surface area contributed by atoms with Gasteiger partial charge >= 0.3 is 33.6 Å². The third-order valence-corrected chi connectivity index (χ3v) is 22.3. The van der Waals surface area contributed by atoms with E-state index in [1.165, 1.54) is 186 Å². The molecule has 6 N–H and O–H groups in total. The van der Waals surface area contributed by atoms with E-state index in [1.807, 2.05) is 0 Å². The second-order valence-electron chi connectivity index (χ2n) is 31.1. The maximum absolute atomic E-state index is 13.3. The molecule has 0 fully saturated rings. The Hall–Kier alpha value is -2.71. The molecule has 0 rings (SSSR count). The van der Waals surface area contributed by atoms with Crippen LogP contribution in [0, 0.1) is 0 Å². The molecule has 0 saturated carbocycles. The largest absolute Gasteiger partial charge is 0.472 e. The van der Waals surface area contributed by atoms with Gasteiger partial charge in [0, 0.05) is 51.6 Å². The van der Waals surface area contributed by atoms with Gasteiger partial charge < -0.3 is 50.0 Å². The van der Waals surface area contributed by atoms with Crippen LogP contribution in [0.4, 0.5) is 4.79 Å². The van der Waals surface area contributed by atoms with E-state index in [2.05, 4.69) is 62.8 Å². The summed E-state index contributed by atoms with van der Waals surface area (Å²) in [7, 11) is -9.41. The van der Waals surface area contributed by atoms with Crippen LogP contribution in [-0.2, 0) is 65.4 Å². The molecule has 4 amide bonds. The number of urea groups is 1. The molecule has 0 radical (unpaired) electrons. The lowest BCUT2D eigenvalue weighted by molar-refractivity contribution is -0.151. The van der Waals surface area contributed by atoms with Gasteiger partial charge in [0.05, 0.1) is 64.9 Å². The first-order valence-corrected chi connectivity index (χ1v) is 48.4. The van der Waals surface area contributed by atoms with Gasteiger partial charge in [-0.3, -0.25) is 37.3 Å². The van der Waals surface area contributed by atoms with Crippen LogP contribution < -0.4 is 21.3 Å². The van der Waals surface area contributed by atoms with Crippen LogP contribution in [0.15, 0.2) is 0 Å². The van der Waals surface area contributed by atoms with Crippen LogP contribution in [0.3, 0.4) is 0 Å². The van der Waals surface area contributed by atoms with E-state index < -0.39 is 60.2 Å². The normalized spacial score (nSPS) is 13.8. The van der Waals surface area contributed by atoms with Crippen molar-refractivity contribution < 1.29 is 79.9 Å². The van der Waals surface area contributed by atoms with Gasteiger partial charge in [-0.15, -0.1) is 0 Å². The standard InChI is InChI=1S/C86H170N4O17P2/c1-7-13-19-25-29-33-37-39-41-45-51-57-63-83(92)90-79(75-101-71-67-81(61-55-49-24-18-12-6)107-85(94)65-59-53-47-43-36-32-28-22-16-10-4)77-105-109(98,99)103-73-69-88-86(95)87-68-72-102-108(96,97)104-76-78(89-82(91)62-56-50-44-40-38-34-30-26-20-14-8-2)74-100-70-66-80(60-54-48-23-17-11-5)106-84(93)64-58-52-46-42-35-31-27-21-15-9-3/h78-81H,7-77H2,1-6H3,(H,89,91)(H,90,92)(H,96,97)(H,98,99)(H2,87,88,95). The average Bonchev–Trinajstić information content (AvgIpc) is 0.916. The van der Waals surface area contributed by atoms with Gasteiger partial charge in [0.15, 0.2) is 0 Å². The lowest BCUT2D eigenvalue weighted by atomic mass is 10.0. The highest BCUT2D eigenvalue weighted by atomic mass is 31.2. The molecule has 6 unspecified atom stereocenters. The smallest absolute Gasteiger partial charge is 0.462 e. The fourth-order valence-electron chi connectivity index (χ4n) is 13.5. The topological polar surface area (TPSA) is 282 Å². The molecular weight excluding hydrogens is 1420 g/mol. The summed E-state index contributed by atoms with van der Waals surface area (Å²) in [6.07, 6.45) is 64.1. The van der Waals surface area contributed by atoms with E-state index in [-0.39, 0.29) is 88.3 Å². The summed E-state index contributed by atoms with van der Waals surface area (Å²) in [6.45, 7) is 11.6. The molecule has 0 heterocycles. The Labute approximate surface area is 666 Å². The Kier molecular flexibility index (Phi) is 78.5. The molecular formula is C86H170N4O17P2. The molecule has 0 aromatic heterocycles. The Balaban J connectivity index is 5.58. The SMILES string of the molecule is CCCCCCCCCCCCCCC(=O)NC(COCCC(CCCCCCC)OC(=O)CCCCCCCCCCCC)COP(=O)(O)OCCNC(=O)NCCOP(=O)(O)OCC(COCCC(CCCCCCC)OC(=O)CCCCCCCCCCCC)NC(=O)CCCCCCCCCCCCC. The first kappa shape index (κ1) is 106. The minimum Gasteiger partial charge on any atom is -0.462 e. The van der Waals surface area contributed by atoms with Crippen molar-refractivity contribution in [3.8, 4) is 0 Å². The van der Waals surface area contributed by atoms with E-state index in [0.29, 0.717) is 38.5 Å². The van der Waals surface area contributed by atoms with Crippen LogP contribution in [0.2, 0.25) is 0 Å². The van der Waals surface area contributed by atoms with Crippen molar-refractivity contribution >= 4 is 45.4 Å². The Morgan fingerprint density at radius 3 is 0.789 bits per heavy atom. The summed E-state index contributed by atoms with van der Waals surface area (Å²) in [5.74, 6) is -0.840. The highest BCUT2D eigenvalue weighted by Crippen LogP contribution is 2.44. The Bertz CT molecular complexity index is 2160. The zero-order chi connectivity index (χ0) is 79.9. The number of phosphoric ester groups is 2. The molecule has 6 atom stereocenters. The summed E-state index contributed by atoms with van der Waals surface area (Å²) < 4.78 is 71.8.